The lowest BCUT2D eigenvalue weighted by Crippen LogP contribution is -2.04. The standard InChI is InChI=1S/C12H9FO3/c13-9-3-1-2-8(6-9)12(15)16-11-5-4-10(14)7-11/h1-3,6-7H,4-5H2. The highest BCUT2D eigenvalue weighted by molar-refractivity contribution is 5.94. The van der Waals surface area contributed by atoms with E-state index in [0.717, 1.165) is 6.07 Å². The molecule has 0 atom stereocenters. The van der Waals surface area contributed by atoms with Crippen LogP contribution in [0.4, 0.5) is 4.39 Å². The molecule has 0 N–H and O–H groups in total. The van der Waals surface area contributed by atoms with Gasteiger partial charge in [-0.3, -0.25) is 4.79 Å². The summed E-state index contributed by atoms with van der Waals surface area (Å²) in [6.07, 6.45) is 2.10. The lowest BCUT2D eigenvalue weighted by molar-refractivity contribution is -0.114. The topological polar surface area (TPSA) is 43.4 Å². The summed E-state index contributed by atoms with van der Waals surface area (Å²) in [7, 11) is 0. The third kappa shape index (κ3) is 2.34. The van der Waals surface area contributed by atoms with E-state index in [2.05, 4.69) is 0 Å². The Morgan fingerprint density at radius 1 is 1.31 bits per heavy atom. The van der Waals surface area contributed by atoms with Crippen molar-refractivity contribution in [2.45, 2.75) is 12.8 Å². The third-order valence-corrected chi connectivity index (χ3v) is 2.22. The molecule has 2 rings (SSSR count). The van der Waals surface area contributed by atoms with Crippen molar-refractivity contribution in [2.24, 2.45) is 0 Å². The van der Waals surface area contributed by atoms with E-state index in [1.54, 1.807) is 0 Å². The van der Waals surface area contributed by atoms with Crippen molar-refractivity contribution in [3.8, 4) is 0 Å². The van der Waals surface area contributed by atoms with E-state index in [-0.39, 0.29) is 11.3 Å². The van der Waals surface area contributed by atoms with Gasteiger partial charge in [-0.05, 0) is 18.2 Å². The Bertz CT molecular complexity index is 477. The minimum Gasteiger partial charge on any atom is -0.427 e. The lowest BCUT2D eigenvalue weighted by atomic mass is 10.2. The number of benzene rings is 1. The molecule has 0 amide bonds. The molecule has 0 bridgehead atoms. The Kier molecular flexibility index (Phi) is 2.81. The highest BCUT2D eigenvalue weighted by Crippen LogP contribution is 2.18. The minimum atomic E-state index is -0.638. The fraction of sp³-hybridized carbons (Fsp3) is 0.167. The van der Waals surface area contributed by atoms with Crippen LogP contribution in [0.15, 0.2) is 36.1 Å². The predicted octanol–water partition coefficient (Wildman–Crippen LogP) is 2.23. The Hall–Kier alpha value is -1.97. The van der Waals surface area contributed by atoms with Crippen LogP contribution in [0, 0.1) is 5.82 Å². The number of ketones is 1. The summed E-state index contributed by atoms with van der Waals surface area (Å²) in [5.41, 5.74) is 0.139. The fourth-order valence-corrected chi connectivity index (χ4v) is 1.44. The quantitative estimate of drug-likeness (QED) is 0.718. The van der Waals surface area contributed by atoms with Gasteiger partial charge in [0.05, 0.1) is 5.56 Å². The van der Waals surface area contributed by atoms with Gasteiger partial charge in [0.2, 0.25) is 0 Å². The molecule has 4 heteroatoms. The molecule has 82 valence electrons. The summed E-state index contributed by atoms with van der Waals surface area (Å²) in [6, 6.07) is 5.23. The van der Waals surface area contributed by atoms with Crippen LogP contribution in [0.1, 0.15) is 23.2 Å². The first kappa shape index (κ1) is 10.5. The fourth-order valence-electron chi connectivity index (χ4n) is 1.44. The van der Waals surface area contributed by atoms with E-state index in [9.17, 15) is 14.0 Å². The smallest absolute Gasteiger partial charge is 0.343 e. The van der Waals surface area contributed by atoms with Gasteiger partial charge in [0.1, 0.15) is 11.6 Å². The van der Waals surface area contributed by atoms with Crippen molar-refractivity contribution in [1.82, 2.24) is 0 Å². The Labute approximate surface area is 91.5 Å². The molecule has 1 aliphatic rings. The van der Waals surface area contributed by atoms with E-state index < -0.39 is 11.8 Å². The summed E-state index contributed by atoms with van der Waals surface area (Å²) in [5.74, 6) is -0.840. The zero-order valence-corrected chi connectivity index (χ0v) is 8.40. The van der Waals surface area contributed by atoms with Crippen LogP contribution in [-0.4, -0.2) is 11.8 Å². The Balaban J connectivity index is 2.09. The normalized spacial score (nSPS) is 14.8. The number of rotatable bonds is 2. The number of carbonyl (C=O) groups excluding carboxylic acids is 2. The van der Waals surface area contributed by atoms with Crippen molar-refractivity contribution >= 4 is 11.8 Å². The molecule has 3 nitrogen and oxygen atoms in total. The minimum absolute atomic E-state index is 0.0537. The average molecular weight is 220 g/mol. The Morgan fingerprint density at radius 3 is 2.75 bits per heavy atom. The first-order chi connectivity index (χ1) is 7.65. The number of esters is 1. The van der Waals surface area contributed by atoms with Crippen LogP contribution in [0.3, 0.4) is 0 Å². The second-order valence-electron chi connectivity index (χ2n) is 3.48. The number of carbonyl (C=O) groups is 2. The molecule has 0 aliphatic heterocycles. The summed E-state index contributed by atoms with van der Waals surface area (Å²) >= 11 is 0. The van der Waals surface area contributed by atoms with Gasteiger partial charge in [-0.15, -0.1) is 0 Å². The Morgan fingerprint density at radius 2 is 2.12 bits per heavy atom. The summed E-state index contributed by atoms with van der Waals surface area (Å²) < 4.78 is 17.8. The number of allylic oxidation sites excluding steroid dienone is 2. The van der Waals surface area contributed by atoms with Crippen LogP contribution >= 0.6 is 0 Å². The molecule has 1 aliphatic carbocycles. The van der Waals surface area contributed by atoms with Gasteiger partial charge < -0.3 is 4.74 Å². The maximum absolute atomic E-state index is 12.8. The third-order valence-electron chi connectivity index (χ3n) is 2.22. The van der Waals surface area contributed by atoms with Crippen molar-refractivity contribution < 1.29 is 18.7 Å². The zero-order valence-electron chi connectivity index (χ0n) is 8.40. The molecular weight excluding hydrogens is 211 g/mol. The van der Waals surface area contributed by atoms with E-state index in [1.807, 2.05) is 0 Å². The molecule has 16 heavy (non-hydrogen) atoms. The van der Waals surface area contributed by atoms with Crippen molar-refractivity contribution in [2.75, 3.05) is 0 Å². The molecule has 0 unspecified atom stereocenters. The maximum atomic E-state index is 12.8. The van der Waals surface area contributed by atoms with Gasteiger partial charge in [-0.25, -0.2) is 9.18 Å². The molecular formula is C12H9FO3. The van der Waals surface area contributed by atoms with E-state index >= 15 is 0 Å². The molecule has 0 spiro atoms. The number of hydrogen-bond acceptors (Lipinski definition) is 3. The van der Waals surface area contributed by atoms with Gasteiger partial charge in [0.25, 0.3) is 0 Å². The highest BCUT2D eigenvalue weighted by Gasteiger charge is 2.17. The van der Waals surface area contributed by atoms with Crippen LogP contribution in [-0.2, 0) is 9.53 Å². The van der Waals surface area contributed by atoms with Crippen LogP contribution < -0.4 is 0 Å². The summed E-state index contributed by atoms with van der Waals surface area (Å²) in [5, 5.41) is 0. The second kappa shape index (κ2) is 4.26. The molecule has 0 fully saturated rings. The number of hydrogen-bond donors (Lipinski definition) is 0. The van der Waals surface area contributed by atoms with Crippen molar-refractivity contribution in [3.63, 3.8) is 0 Å². The van der Waals surface area contributed by atoms with Crippen LogP contribution in [0.2, 0.25) is 0 Å². The van der Waals surface area contributed by atoms with Gasteiger partial charge in [0.15, 0.2) is 5.78 Å². The second-order valence-corrected chi connectivity index (χ2v) is 3.48. The molecule has 0 saturated heterocycles. The predicted molar refractivity (Wildman–Crippen MR) is 54.1 cm³/mol. The molecule has 0 aromatic heterocycles. The molecule has 1 aromatic carbocycles. The molecule has 1 aromatic rings. The molecule has 0 saturated carbocycles. The monoisotopic (exact) mass is 220 g/mol. The molecule has 0 heterocycles. The largest absolute Gasteiger partial charge is 0.427 e. The summed E-state index contributed by atoms with van der Waals surface area (Å²) in [4.78, 5) is 22.4. The van der Waals surface area contributed by atoms with E-state index in [0.29, 0.717) is 18.6 Å². The van der Waals surface area contributed by atoms with Crippen molar-refractivity contribution in [3.05, 3.63) is 47.5 Å². The lowest BCUT2D eigenvalue weighted by Gasteiger charge is -2.03. The number of ether oxygens (including phenoxy) is 1. The maximum Gasteiger partial charge on any atom is 0.343 e. The van der Waals surface area contributed by atoms with E-state index in [1.165, 1.54) is 24.3 Å². The van der Waals surface area contributed by atoms with Crippen LogP contribution in [0.5, 0.6) is 0 Å². The average Bonchev–Trinajstić information content (AvgIpc) is 2.64. The van der Waals surface area contributed by atoms with Gasteiger partial charge >= 0.3 is 5.97 Å². The van der Waals surface area contributed by atoms with E-state index in [4.69, 9.17) is 4.74 Å². The molecule has 0 radical (unpaired) electrons. The summed E-state index contributed by atoms with van der Waals surface area (Å²) in [6.45, 7) is 0. The highest BCUT2D eigenvalue weighted by atomic mass is 19.1. The number of halogens is 1. The zero-order chi connectivity index (χ0) is 11.5. The van der Waals surface area contributed by atoms with Gasteiger partial charge in [0, 0.05) is 18.9 Å². The SMILES string of the molecule is O=C1C=C(OC(=O)c2cccc(F)c2)CC1. The first-order valence-corrected chi connectivity index (χ1v) is 4.86. The van der Waals surface area contributed by atoms with Crippen LogP contribution in [0.25, 0.3) is 0 Å². The van der Waals surface area contributed by atoms with Gasteiger partial charge in [-0.1, -0.05) is 6.07 Å². The first-order valence-electron chi connectivity index (χ1n) is 4.86. The van der Waals surface area contributed by atoms with Crippen molar-refractivity contribution in [1.29, 1.82) is 0 Å². The van der Waals surface area contributed by atoms with Gasteiger partial charge in [-0.2, -0.15) is 0 Å².